The number of aromatic nitrogens is 4. The molecule has 0 unspecified atom stereocenters. The molecule has 19 heavy (non-hydrogen) atoms. The van der Waals surface area contributed by atoms with Gasteiger partial charge in [-0.15, -0.1) is 0 Å². The van der Waals surface area contributed by atoms with Crippen molar-refractivity contribution in [3.05, 3.63) is 29.8 Å². The van der Waals surface area contributed by atoms with E-state index in [1.807, 2.05) is 20.0 Å². The van der Waals surface area contributed by atoms with Gasteiger partial charge in [-0.3, -0.25) is 4.68 Å². The molecule has 0 saturated heterocycles. The first-order chi connectivity index (χ1) is 9.19. The van der Waals surface area contributed by atoms with Gasteiger partial charge in [0, 0.05) is 25.9 Å². The lowest BCUT2D eigenvalue weighted by atomic mass is 10.4. The van der Waals surface area contributed by atoms with Gasteiger partial charge in [-0.05, 0) is 13.0 Å². The molecule has 0 saturated carbocycles. The van der Waals surface area contributed by atoms with Crippen LogP contribution < -0.4 is 11.1 Å². The lowest BCUT2D eigenvalue weighted by Gasteiger charge is -2.08. The van der Waals surface area contributed by atoms with Gasteiger partial charge in [-0.25, -0.2) is 9.97 Å². The van der Waals surface area contributed by atoms with Gasteiger partial charge in [0.2, 0.25) is 0 Å². The van der Waals surface area contributed by atoms with Gasteiger partial charge >= 0.3 is 0 Å². The first kappa shape index (κ1) is 13.3. The number of hydrogen-bond acceptors (Lipinski definition) is 6. The summed E-state index contributed by atoms with van der Waals surface area (Å²) < 4.78 is 7.08. The maximum atomic E-state index is 5.75. The van der Waals surface area contributed by atoms with Crippen molar-refractivity contribution in [3.63, 3.8) is 0 Å². The van der Waals surface area contributed by atoms with Crippen molar-refractivity contribution in [2.24, 2.45) is 7.05 Å². The third-order valence-corrected chi connectivity index (χ3v) is 2.60. The van der Waals surface area contributed by atoms with Gasteiger partial charge in [0.1, 0.15) is 18.2 Å². The zero-order chi connectivity index (χ0) is 13.7. The topological polar surface area (TPSA) is 90.9 Å². The lowest BCUT2D eigenvalue weighted by molar-refractivity contribution is 0.128. The molecule has 0 atom stereocenters. The summed E-state index contributed by atoms with van der Waals surface area (Å²) in [6, 6.07) is 3.64. The molecular formula is C12H18N6O. The molecule has 0 aliphatic carbocycles. The number of anilines is 2. The Morgan fingerprint density at radius 2 is 2.26 bits per heavy atom. The fourth-order valence-corrected chi connectivity index (χ4v) is 1.62. The predicted molar refractivity (Wildman–Crippen MR) is 72.3 cm³/mol. The second-order valence-electron chi connectivity index (χ2n) is 4.03. The van der Waals surface area contributed by atoms with Gasteiger partial charge in [0.15, 0.2) is 5.82 Å². The highest BCUT2D eigenvalue weighted by atomic mass is 16.5. The standard InChI is InChI=1S/C12H18N6O/c1-3-19-8-12-16-10(13)6-11(17-12)14-7-9-4-5-15-18(9)2/h4-6H,3,7-8H2,1-2H3,(H3,13,14,16,17). The fourth-order valence-electron chi connectivity index (χ4n) is 1.62. The minimum absolute atomic E-state index is 0.363. The fraction of sp³-hybridized carbons (Fsp3) is 0.417. The predicted octanol–water partition coefficient (Wildman–Crippen LogP) is 0.941. The van der Waals surface area contributed by atoms with Gasteiger partial charge in [-0.2, -0.15) is 5.10 Å². The van der Waals surface area contributed by atoms with Crippen LogP contribution in [0.2, 0.25) is 0 Å². The van der Waals surface area contributed by atoms with Crippen LogP contribution in [0.4, 0.5) is 11.6 Å². The molecule has 0 amide bonds. The number of nitrogens with zero attached hydrogens (tertiary/aromatic N) is 4. The molecular weight excluding hydrogens is 244 g/mol. The number of nitrogen functional groups attached to an aromatic ring is 1. The highest BCUT2D eigenvalue weighted by Gasteiger charge is 2.04. The summed E-state index contributed by atoms with van der Waals surface area (Å²) in [5, 5.41) is 7.30. The third-order valence-electron chi connectivity index (χ3n) is 2.60. The van der Waals surface area contributed by atoms with E-state index in [9.17, 15) is 0 Å². The van der Waals surface area contributed by atoms with Crippen LogP contribution in [0.5, 0.6) is 0 Å². The van der Waals surface area contributed by atoms with E-state index in [4.69, 9.17) is 10.5 Å². The molecule has 2 aromatic heterocycles. The van der Waals surface area contributed by atoms with Gasteiger partial charge in [0.25, 0.3) is 0 Å². The second kappa shape index (κ2) is 6.14. The molecule has 7 nitrogen and oxygen atoms in total. The number of nitrogens with one attached hydrogen (secondary N) is 1. The summed E-state index contributed by atoms with van der Waals surface area (Å²) in [4.78, 5) is 8.46. The molecule has 102 valence electrons. The number of rotatable bonds is 6. The quantitative estimate of drug-likeness (QED) is 0.805. The van der Waals surface area contributed by atoms with Crippen LogP contribution in [0.15, 0.2) is 18.3 Å². The monoisotopic (exact) mass is 262 g/mol. The molecule has 0 fully saturated rings. The summed E-state index contributed by atoms with van der Waals surface area (Å²) in [6.45, 7) is 3.53. The van der Waals surface area contributed by atoms with Crippen LogP contribution in [0, 0.1) is 0 Å². The molecule has 7 heteroatoms. The van der Waals surface area contributed by atoms with E-state index in [1.54, 1.807) is 16.9 Å². The second-order valence-corrected chi connectivity index (χ2v) is 4.03. The van der Waals surface area contributed by atoms with Crippen molar-refractivity contribution in [1.29, 1.82) is 0 Å². The minimum Gasteiger partial charge on any atom is -0.384 e. The highest BCUT2D eigenvalue weighted by Crippen LogP contribution is 2.10. The number of aryl methyl sites for hydroxylation is 1. The van der Waals surface area contributed by atoms with Crippen molar-refractivity contribution in [1.82, 2.24) is 19.7 Å². The van der Waals surface area contributed by atoms with E-state index in [2.05, 4.69) is 20.4 Å². The van der Waals surface area contributed by atoms with Crippen LogP contribution in [-0.4, -0.2) is 26.4 Å². The molecule has 0 radical (unpaired) electrons. The molecule has 2 heterocycles. The lowest BCUT2D eigenvalue weighted by Crippen LogP contribution is -2.09. The Labute approximate surface area is 111 Å². The normalized spacial score (nSPS) is 10.6. The zero-order valence-corrected chi connectivity index (χ0v) is 11.1. The van der Waals surface area contributed by atoms with Crippen LogP contribution in [0.3, 0.4) is 0 Å². The van der Waals surface area contributed by atoms with Gasteiger partial charge in [-0.1, -0.05) is 0 Å². The third kappa shape index (κ3) is 3.65. The van der Waals surface area contributed by atoms with Crippen LogP contribution in [0.1, 0.15) is 18.4 Å². The van der Waals surface area contributed by atoms with E-state index in [0.717, 1.165) is 5.69 Å². The SMILES string of the molecule is CCOCc1nc(N)cc(NCc2ccnn2C)n1. The van der Waals surface area contributed by atoms with Crippen LogP contribution >= 0.6 is 0 Å². The Morgan fingerprint density at radius 1 is 1.42 bits per heavy atom. The van der Waals surface area contributed by atoms with Gasteiger partial charge in [0.05, 0.1) is 12.2 Å². The molecule has 2 rings (SSSR count). The number of hydrogen-bond donors (Lipinski definition) is 2. The van der Waals surface area contributed by atoms with Crippen molar-refractivity contribution in [2.75, 3.05) is 17.7 Å². The molecule has 0 aromatic carbocycles. The van der Waals surface area contributed by atoms with Crippen molar-refractivity contribution >= 4 is 11.6 Å². The molecule has 0 aliphatic heterocycles. The van der Waals surface area contributed by atoms with Crippen molar-refractivity contribution < 1.29 is 4.74 Å². The summed E-state index contributed by atoms with van der Waals surface area (Å²) in [6.07, 6.45) is 1.76. The zero-order valence-electron chi connectivity index (χ0n) is 11.1. The Morgan fingerprint density at radius 3 is 2.95 bits per heavy atom. The maximum Gasteiger partial charge on any atom is 0.158 e. The number of nitrogens with two attached hydrogens (primary N) is 1. The van der Waals surface area contributed by atoms with Gasteiger partial charge < -0.3 is 15.8 Å². The average molecular weight is 262 g/mol. The minimum atomic E-state index is 0.363. The summed E-state index contributed by atoms with van der Waals surface area (Å²) in [7, 11) is 1.89. The Kier molecular flexibility index (Phi) is 4.30. The van der Waals surface area contributed by atoms with Crippen molar-refractivity contribution in [2.45, 2.75) is 20.1 Å². The van der Waals surface area contributed by atoms with Crippen molar-refractivity contribution in [3.8, 4) is 0 Å². The largest absolute Gasteiger partial charge is 0.384 e. The van der Waals surface area contributed by atoms with E-state index in [0.29, 0.717) is 37.2 Å². The molecule has 0 bridgehead atoms. The highest BCUT2D eigenvalue weighted by molar-refractivity contribution is 5.44. The molecule has 3 N–H and O–H groups in total. The molecule has 0 spiro atoms. The summed E-state index contributed by atoms with van der Waals surface area (Å²) >= 11 is 0. The molecule has 0 aliphatic rings. The van der Waals surface area contributed by atoms with Crippen LogP contribution in [0.25, 0.3) is 0 Å². The Bertz CT molecular complexity index is 539. The van der Waals surface area contributed by atoms with Crippen LogP contribution in [-0.2, 0) is 24.9 Å². The average Bonchev–Trinajstić information content (AvgIpc) is 2.79. The maximum absolute atomic E-state index is 5.75. The Hall–Kier alpha value is -2.15. The first-order valence-electron chi connectivity index (χ1n) is 6.11. The summed E-state index contributed by atoms with van der Waals surface area (Å²) in [5.41, 5.74) is 6.80. The molecule has 2 aromatic rings. The number of ether oxygens (including phenoxy) is 1. The summed E-state index contributed by atoms with van der Waals surface area (Å²) in [5.74, 6) is 1.69. The Balaban J connectivity index is 2.03. The van der Waals surface area contributed by atoms with E-state index >= 15 is 0 Å². The van der Waals surface area contributed by atoms with E-state index in [1.165, 1.54) is 0 Å². The first-order valence-corrected chi connectivity index (χ1v) is 6.11. The van der Waals surface area contributed by atoms with E-state index in [-0.39, 0.29) is 0 Å². The smallest absolute Gasteiger partial charge is 0.158 e. The van der Waals surface area contributed by atoms with E-state index < -0.39 is 0 Å².